The number of hydrogen-bond acceptors (Lipinski definition) is 5. The number of nitrogens with zero attached hydrogens (tertiary/aromatic N) is 3. The van der Waals surface area contributed by atoms with Crippen molar-refractivity contribution in [1.29, 1.82) is 5.26 Å². The molecule has 1 atom stereocenters. The van der Waals surface area contributed by atoms with Crippen LogP contribution in [0.2, 0.25) is 0 Å². The fourth-order valence-corrected chi connectivity index (χ4v) is 3.01. The first-order chi connectivity index (χ1) is 12.9. The maximum Gasteiger partial charge on any atom is 0.331 e. The molecule has 0 saturated heterocycles. The minimum Gasteiger partial charge on any atom is -0.389 e. The molecule has 7 nitrogen and oxygen atoms in total. The van der Waals surface area contributed by atoms with Crippen LogP contribution in [0, 0.1) is 24.1 Å². The Morgan fingerprint density at radius 2 is 2.07 bits per heavy atom. The summed E-state index contributed by atoms with van der Waals surface area (Å²) in [6, 6.07) is 7.96. The van der Waals surface area contributed by atoms with Crippen LogP contribution < -0.4 is 11.2 Å². The minimum absolute atomic E-state index is 0.00843. The predicted molar refractivity (Wildman–Crippen MR) is 94.7 cm³/mol. The smallest absolute Gasteiger partial charge is 0.331 e. The van der Waals surface area contributed by atoms with E-state index in [-0.39, 0.29) is 31.4 Å². The molecule has 1 saturated carbocycles. The largest absolute Gasteiger partial charge is 0.389 e. The van der Waals surface area contributed by atoms with Gasteiger partial charge < -0.3 is 9.84 Å². The molecule has 1 aliphatic rings. The molecular formula is C19H20FN3O4. The molecule has 8 heteroatoms. The highest BCUT2D eigenvalue weighted by Crippen LogP contribution is 2.34. The predicted octanol–water partition coefficient (Wildman–Crippen LogP) is 1.24. The van der Waals surface area contributed by atoms with Gasteiger partial charge in [0.15, 0.2) is 0 Å². The molecule has 1 N–H and O–H groups in total. The van der Waals surface area contributed by atoms with Gasteiger partial charge in [-0.1, -0.05) is 18.2 Å². The van der Waals surface area contributed by atoms with E-state index in [0.29, 0.717) is 11.3 Å². The van der Waals surface area contributed by atoms with Crippen LogP contribution in [0.5, 0.6) is 0 Å². The van der Waals surface area contributed by atoms with Crippen molar-refractivity contribution < 1.29 is 14.2 Å². The molecule has 0 bridgehead atoms. The Bertz CT molecular complexity index is 1000. The fourth-order valence-electron chi connectivity index (χ4n) is 3.01. The lowest BCUT2D eigenvalue weighted by atomic mass is 10.2. The summed E-state index contributed by atoms with van der Waals surface area (Å²) < 4.78 is 21.2. The Balaban J connectivity index is 1.74. The number of aliphatic hydroxyl groups excluding tert-OH is 1. The second kappa shape index (κ2) is 7.86. The third-order valence-corrected chi connectivity index (χ3v) is 4.56. The van der Waals surface area contributed by atoms with Crippen molar-refractivity contribution in [3.63, 3.8) is 0 Å². The standard InChI is InChI=1S/C19H20FN3O4/c1-12-16(8-21)18(25)22(19(26)23(12)14-6-7-14)9-15(24)11-27-10-13-4-2-3-5-17(13)20/h2-5,14-15,24H,6-7,9-11H2,1H3. The van der Waals surface area contributed by atoms with Crippen LogP contribution in [-0.4, -0.2) is 27.0 Å². The summed E-state index contributed by atoms with van der Waals surface area (Å²) in [6.45, 7) is 1.07. The number of ether oxygens (including phenoxy) is 1. The number of benzene rings is 1. The zero-order valence-corrected chi connectivity index (χ0v) is 14.9. The van der Waals surface area contributed by atoms with E-state index in [2.05, 4.69) is 0 Å². The second-order valence-corrected chi connectivity index (χ2v) is 6.63. The van der Waals surface area contributed by atoms with Crippen molar-refractivity contribution in [2.75, 3.05) is 6.61 Å². The molecule has 0 amide bonds. The summed E-state index contributed by atoms with van der Waals surface area (Å²) in [6.07, 6.45) is 0.486. The molecule has 0 aliphatic heterocycles. The van der Waals surface area contributed by atoms with Crippen molar-refractivity contribution in [2.24, 2.45) is 0 Å². The lowest BCUT2D eigenvalue weighted by Gasteiger charge is -2.17. The SMILES string of the molecule is Cc1c(C#N)c(=O)n(CC(O)COCc2ccccc2F)c(=O)n1C1CC1. The number of hydrogen-bond donors (Lipinski definition) is 1. The molecule has 0 radical (unpaired) electrons. The van der Waals surface area contributed by atoms with Gasteiger partial charge in [0.05, 0.1) is 25.9 Å². The molecule has 1 aromatic carbocycles. The van der Waals surface area contributed by atoms with Gasteiger partial charge in [-0.3, -0.25) is 13.9 Å². The van der Waals surface area contributed by atoms with E-state index in [4.69, 9.17) is 4.74 Å². The average molecular weight is 373 g/mol. The molecule has 1 aliphatic carbocycles. The highest BCUT2D eigenvalue weighted by molar-refractivity contribution is 5.31. The average Bonchev–Trinajstić information content (AvgIpc) is 3.46. The van der Waals surface area contributed by atoms with E-state index >= 15 is 0 Å². The zero-order valence-electron chi connectivity index (χ0n) is 14.9. The Labute approximate surface area is 154 Å². The monoisotopic (exact) mass is 373 g/mol. The fraction of sp³-hybridized carbons (Fsp3) is 0.421. The molecule has 1 unspecified atom stereocenters. The van der Waals surface area contributed by atoms with Crippen molar-refractivity contribution >= 4 is 0 Å². The van der Waals surface area contributed by atoms with Gasteiger partial charge in [0.2, 0.25) is 0 Å². The van der Waals surface area contributed by atoms with Gasteiger partial charge in [0.25, 0.3) is 5.56 Å². The Hall–Kier alpha value is -2.76. The van der Waals surface area contributed by atoms with Crippen LogP contribution in [0.15, 0.2) is 33.9 Å². The second-order valence-electron chi connectivity index (χ2n) is 6.63. The van der Waals surface area contributed by atoms with Crippen molar-refractivity contribution in [2.45, 2.75) is 45.1 Å². The Kier molecular flexibility index (Phi) is 5.54. The molecule has 1 heterocycles. The van der Waals surface area contributed by atoms with E-state index in [0.717, 1.165) is 17.4 Å². The lowest BCUT2D eigenvalue weighted by molar-refractivity contribution is 0.0182. The van der Waals surface area contributed by atoms with Gasteiger partial charge in [-0.05, 0) is 25.8 Å². The van der Waals surface area contributed by atoms with Crippen LogP contribution in [0.4, 0.5) is 4.39 Å². The van der Waals surface area contributed by atoms with Crippen molar-refractivity contribution in [1.82, 2.24) is 9.13 Å². The van der Waals surface area contributed by atoms with E-state index in [1.54, 1.807) is 25.1 Å². The minimum atomic E-state index is -1.15. The van der Waals surface area contributed by atoms with Gasteiger partial charge >= 0.3 is 5.69 Å². The Morgan fingerprint density at radius 1 is 1.37 bits per heavy atom. The number of nitriles is 1. The Morgan fingerprint density at radius 3 is 2.70 bits per heavy atom. The topological polar surface area (TPSA) is 97.2 Å². The lowest BCUT2D eigenvalue weighted by Crippen LogP contribution is -2.45. The summed E-state index contributed by atoms with van der Waals surface area (Å²) in [5.74, 6) is -0.410. The molecule has 0 spiro atoms. The van der Waals surface area contributed by atoms with Crippen LogP contribution in [0.1, 0.15) is 35.7 Å². The quantitative estimate of drug-likeness (QED) is 0.788. The summed E-state index contributed by atoms with van der Waals surface area (Å²) in [4.78, 5) is 25.1. The third-order valence-electron chi connectivity index (χ3n) is 4.56. The van der Waals surface area contributed by atoms with Crippen LogP contribution in [-0.2, 0) is 17.9 Å². The number of halogens is 1. The molecule has 142 valence electrons. The molecule has 1 fully saturated rings. The maximum absolute atomic E-state index is 13.6. The number of aliphatic hydroxyl groups is 1. The van der Waals surface area contributed by atoms with Crippen molar-refractivity contribution in [3.8, 4) is 6.07 Å². The normalized spacial score (nSPS) is 14.7. The van der Waals surface area contributed by atoms with Gasteiger partial charge in [0, 0.05) is 17.3 Å². The van der Waals surface area contributed by atoms with E-state index in [1.807, 2.05) is 6.07 Å². The molecule has 27 heavy (non-hydrogen) atoms. The van der Waals surface area contributed by atoms with E-state index in [9.17, 15) is 24.3 Å². The van der Waals surface area contributed by atoms with Gasteiger partial charge in [-0.25, -0.2) is 9.18 Å². The highest BCUT2D eigenvalue weighted by atomic mass is 19.1. The zero-order chi connectivity index (χ0) is 19.6. The summed E-state index contributed by atoms with van der Waals surface area (Å²) in [5.41, 5.74) is -0.644. The van der Waals surface area contributed by atoms with Crippen LogP contribution in [0.3, 0.4) is 0 Å². The summed E-state index contributed by atoms with van der Waals surface area (Å²) >= 11 is 0. The van der Waals surface area contributed by atoms with Gasteiger partial charge in [-0.2, -0.15) is 5.26 Å². The highest BCUT2D eigenvalue weighted by Gasteiger charge is 2.29. The molecule has 1 aromatic heterocycles. The summed E-state index contributed by atoms with van der Waals surface area (Å²) in [5, 5.41) is 19.4. The van der Waals surface area contributed by atoms with Gasteiger partial charge in [-0.15, -0.1) is 0 Å². The van der Waals surface area contributed by atoms with Crippen LogP contribution >= 0.6 is 0 Å². The molecule has 2 aromatic rings. The van der Waals surface area contributed by atoms with Crippen LogP contribution in [0.25, 0.3) is 0 Å². The van der Waals surface area contributed by atoms with E-state index in [1.165, 1.54) is 10.6 Å². The van der Waals surface area contributed by atoms with Gasteiger partial charge in [0.1, 0.15) is 17.4 Å². The first kappa shape index (κ1) is 19.0. The maximum atomic E-state index is 13.6. The third kappa shape index (κ3) is 3.99. The summed E-state index contributed by atoms with van der Waals surface area (Å²) in [7, 11) is 0. The van der Waals surface area contributed by atoms with Crippen molar-refractivity contribution in [3.05, 3.63) is 67.7 Å². The number of aromatic nitrogens is 2. The number of rotatable bonds is 7. The molecule has 3 rings (SSSR count). The first-order valence-corrected chi connectivity index (χ1v) is 8.69. The first-order valence-electron chi connectivity index (χ1n) is 8.69. The van der Waals surface area contributed by atoms with E-state index < -0.39 is 23.2 Å². The molecular weight excluding hydrogens is 353 g/mol.